The molecule has 6 aromatic rings. The molecule has 0 spiro atoms. The van der Waals surface area contributed by atoms with Crippen LogP contribution < -0.4 is 4.90 Å². The summed E-state index contributed by atoms with van der Waals surface area (Å²) in [5.41, 5.74) is 8.20. The Labute approximate surface area is 225 Å². The lowest BCUT2D eigenvalue weighted by Gasteiger charge is -2.46. The summed E-state index contributed by atoms with van der Waals surface area (Å²) >= 11 is 3.78. The van der Waals surface area contributed by atoms with E-state index in [1.807, 2.05) is 0 Å². The van der Waals surface area contributed by atoms with Gasteiger partial charge in [0.05, 0.1) is 22.5 Å². The molecule has 2 heteroatoms. The zero-order valence-electron chi connectivity index (χ0n) is 20.2. The Morgan fingerprint density at radius 3 is 1.43 bits per heavy atom. The van der Waals surface area contributed by atoms with E-state index in [0.29, 0.717) is 0 Å². The van der Waals surface area contributed by atoms with Gasteiger partial charge in [-0.1, -0.05) is 137 Å². The van der Waals surface area contributed by atoms with Crippen LogP contribution in [0.15, 0.2) is 150 Å². The highest BCUT2D eigenvalue weighted by Gasteiger charge is 2.46. The molecule has 0 fully saturated rings. The summed E-state index contributed by atoms with van der Waals surface area (Å²) < 4.78 is 1.10. The number of hydrogen-bond acceptors (Lipinski definition) is 1. The van der Waals surface area contributed by atoms with Crippen molar-refractivity contribution in [3.8, 4) is 0 Å². The van der Waals surface area contributed by atoms with Gasteiger partial charge in [-0.25, -0.2) is 0 Å². The largest absolute Gasteiger partial charge is 0.309 e. The number of para-hydroxylation sites is 2. The second kappa shape index (κ2) is 8.76. The van der Waals surface area contributed by atoms with E-state index in [2.05, 4.69) is 166 Å². The third-order valence-corrected chi connectivity index (χ3v) is 8.29. The number of benzene rings is 6. The first-order valence-corrected chi connectivity index (χ1v) is 13.4. The predicted molar refractivity (Wildman–Crippen MR) is 158 cm³/mol. The molecule has 0 aromatic heterocycles. The van der Waals surface area contributed by atoms with Gasteiger partial charge >= 0.3 is 0 Å². The van der Waals surface area contributed by atoms with Gasteiger partial charge in [0.25, 0.3) is 0 Å². The third kappa shape index (κ3) is 3.22. The second-order valence-electron chi connectivity index (χ2n) is 9.46. The lowest BCUT2D eigenvalue weighted by atomic mass is 9.62. The topological polar surface area (TPSA) is 3.24 Å². The maximum Gasteiger partial charge on any atom is 0.0742 e. The molecule has 0 bridgehead atoms. The van der Waals surface area contributed by atoms with Gasteiger partial charge in [-0.3, -0.25) is 0 Å². The molecule has 1 aliphatic heterocycles. The van der Waals surface area contributed by atoms with Crippen LogP contribution in [0.5, 0.6) is 0 Å². The average Bonchev–Trinajstić information content (AvgIpc) is 2.98. The van der Waals surface area contributed by atoms with Crippen molar-refractivity contribution in [1.82, 2.24) is 0 Å². The Hall–Kier alpha value is -4.14. The van der Waals surface area contributed by atoms with Crippen molar-refractivity contribution in [1.29, 1.82) is 0 Å². The monoisotopic (exact) mass is 537 g/mol. The molecule has 0 aliphatic carbocycles. The number of rotatable bonds is 3. The Morgan fingerprint density at radius 2 is 0.865 bits per heavy atom. The third-order valence-electron chi connectivity index (χ3n) is 7.60. The fourth-order valence-corrected chi connectivity index (χ4v) is 6.59. The van der Waals surface area contributed by atoms with Gasteiger partial charge in [-0.15, -0.1) is 0 Å². The quantitative estimate of drug-likeness (QED) is 0.216. The Morgan fingerprint density at radius 1 is 0.405 bits per heavy atom. The summed E-state index contributed by atoms with van der Waals surface area (Å²) in [6, 6.07) is 52.7. The highest BCUT2D eigenvalue weighted by atomic mass is 79.9. The number of fused-ring (bicyclic) bond motifs is 3. The standard InChI is InChI=1S/C35H24BrN/c36-31-23-24-32(28-18-8-7-17-27(28)31)37-33-21-11-9-19-29(33)35(25-13-3-1-4-14-25,26-15-5-2-6-16-26)30-20-10-12-22-34(30)37/h1-24H. The van der Waals surface area contributed by atoms with E-state index in [0.717, 1.165) is 4.47 Å². The highest BCUT2D eigenvalue weighted by Crippen LogP contribution is 2.58. The predicted octanol–water partition coefficient (Wildman–Crippen LogP) is 9.77. The van der Waals surface area contributed by atoms with Crippen molar-refractivity contribution >= 4 is 43.8 Å². The Bertz CT molecular complexity index is 1650. The maximum absolute atomic E-state index is 3.78. The van der Waals surface area contributed by atoms with Crippen LogP contribution in [0, 0.1) is 0 Å². The van der Waals surface area contributed by atoms with Crippen LogP contribution in [0.2, 0.25) is 0 Å². The molecule has 0 atom stereocenters. The molecule has 7 rings (SSSR count). The SMILES string of the molecule is Brc1ccc(N2c3ccccc3C(c3ccccc3)(c3ccccc3)c3ccccc32)c2ccccc12. The molecule has 0 amide bonds. The first kappa shape index (κ1) is 22.1. The minimum atomic E-state index is -0.447. The molecule has 1 heterocycles. The van der Waals surface area contributed by atoms with Crippen molar-refractivity contribution in [2.24, 2.45) is 0 Å². The van der Waals surface area contributed by atoms with E-state index in [4.69, 9.17) is 0 Å². The summed E-state index contributed by atoms with van der Waals surface area (Å²) in [5, 5.41) is 2.42. The molecule has 1 nitrogen and oxygen atoms in total. The smallest absolute Gasteiger partial charge is 0.0742 e. The minimum Gasteiger partial charge on any atom is -0.309 e. The van der Waals surface area contributed by atoms with Crippen LogP contribution in [-0.4, -0.2) is 0 Å². The molecular formula is C35H24BrN. The van der Waals surface area contributed by atoms with Gasteiger partial charge in [0.2, 0.25) is 0 Å². The fourth-order valence-electron chi connectivity index (χ4n) is 6.11. The van der Waals surface area contributed by atoms with Crippen LogP contribution in [-0.2, 0) is 5.41 Å². The molecule has 176 valence electrons. The number of anilines is 3. The molecule has 1 aliphatic rings. The Balaban J connectivity index is 1.64. The van der Waals surface area contributed by atoms with Gasteiger partial charge in [0, 0.05) is 9.86 Å². The van der Waals surface area contributed by atoms with Gasteiger partial charge in [0.15, 0.2) is 0 Å². The zero-order valence-corrected chi connectivity index (χ0v) is 21.8. The van der Waals surface area contributed by atoms with Gasteiger partial charge in [0.1, 0.15) is 0 Å². The number of hydrogen-bond donors (Lipinski definition) is 0. The van der Waals surface area contributed by atoms with Crippen molar-refractivity contribution in [2.75, 3.05) is 4.90 Å². The number of nitrogens with zero attached hydrogens (tertiary/aromatic N) is 1. The summed E-state index contributed by atoms with van der Waals surface area (Å²) in [5.74, 6) is 0. The van der Waals surface area contributed by atoms with Gasteiger partial charge in [-0.2, -0.15) is 0 Å². The zero-order chi connectivity index (χ0) is 24.8. The first-order chi connectivity index (χ1) is 18.3. The Kier molecular flexibility index (Phi) is 5.23. The van der Waals surface area contributed by atoms with E-state index >= 15 is 0 Å². The molecular weight excluding hydrogens is 514 g/mol. The molecule has 6 aromatic carbocycles. The molecule has 0 saturated carbocycles. The van der Waals surface area contributed by atoms with Crippen molar-refractivity contribution in [2.45, 2.75) is 5.41 Å². The van der Waals surface area contributed by atoms with Gasteiger partial charge < -0.3 is 4.90 Å². The van der Waals surface area contributed by atoms with E-state index in [1.54, 1.807) is 0 Å². The molecule has 0 N–H and O–H groups in total. The van der Waals surface area contributed by atoms with E-state index in [-0.39, 0.29) is 0 Å². The molecule has 0 radical (unpaired) electrons. The first-order valence-electron chi connectivity index (χ1n) is 12.6. The lowest BCUT2D eigenvalue weighted by molar-refractivity contribution is 0.731. The molecule has 37 heavy (non-hydrogen) atoms. The van der Waals surface area contributed by atoms with Crippen LogP contribution in [0.1, 0.15) is 22.3 Å². The molecule has 0 unspecified atom stereocenters. The van der Waals surface area contributed by atoms with E-state index in [1.165, 1.54) is 50.1 Å². The average molecular weight is 538 g/mol. The van der Waals surface area contributed by atoms with Crippen molar-refractivity contribution in [3.05, 3.63) is 172 Å². The minimum absolute atomic E-state index is 0.447. The summed E-state index contributed by atoms with van der Waals surface area (Å²) in [6.45, 7) is 0. The highest BCUT2D eigenvalue weighted by molar-refractivity contribution is 9.10. The number of halogens is 1. The normalized spacial score (nSPS) is 13.7. The van der Waals surface area contributed by atoms with Crippen molar-refractivity contribution in [3.63, 3.8) is 0 Å². The molecule has 0 saturated heterocycles. The summed E-state index contributed by atoms with van der Waals surface area (Å²) in [7, 11) is 0. The van der Waals surface area contributed by atoms with Crippen LogP contribution in [0.25, 0.3) is 10.8 Å². The second-order valence-corrected chi connectivity index (χ2v) is 10.3. The van der Waals surface area contributed by atoms with Crippen LogP contribution in [0.3, 0.4) is 0 Å². The van der Waals surface area contributed by atoms with Crippen LogP contribution in [0.4, 0.5) is 17.1 Å². The fraction of sp³-hybridized carbons (Fsp3) is 0.0286. The van der Waals surface area contributed by atoms with E-state index < -0.39 is 5.41 Å². The summed E-state index contributed by atoms with van der Waals surface area (Å²) in [6.07, 6.45) is 0. The lowest BCUT2D eigenvalue weighted by Crippen LogP contribution is -2.37. The van der Waals surface area contributed by atoms with Crippen molar-refractivity contribution < 1.29 is 0 Å². The van der Waals surface area contributed by atoms with E-state index in [9.17, 15) is 0 Å². The van der Waals surface area contributed by atoms with Crippen LogP contribution >= 0.6 is 15.9 Å². The maximum atomic E-state index is 3.78. The summed E-state index contributed by atoms with van der Waals surface area (Å²) in [4.78, 5) is 2.45. The van der Waals surface area contributed by atoms with Gasteiger partial charge in [-0.05, 0) is 51.9 Å².